The van der Waals surface area contributed by atoms with Gasteiger partial charge >= 0.3 is 0 Å². The van der Waals surface area contributed by atoms with E-state index in [0.717, 1.165) is 43.4 Å². The van der Waals surface area contributed by atoms with Gasteiger partial charge in [-0.1, -0.05) is 38.0 Å². The molecule has 3 rings (SSSR count). The lowest BCUT2D eigenvalue weighted by molar-refractivity contribution is 0.0978. The zero-order chi connectivity index (χ0) is 29.0. The van der Waals surface area contributed by atoms with Gasteiger partial charge < -0.3 is 25.6 Å². The zero-order valence-corrected chi connectivity index (χ0v) is 23.8. The largest absolute Gasteiger partial charge is 0.488 e. The zero-order valence-electron chi connectivity index (χ0n) is 23.8. The topological polar surface area (TPSA) is 130 Å². The molecule has 0 saturated carbocycles. The molecule has 3 aromatic rings. The fraction of sp³-hybridized carbons (Fsp3) is 0.406. The lowest BCUT2D eigenvalue weighted by Gasteiger charge is -2.28. The average molecular weight is 547 g/mol. The van der Waals surface area contributed by atoms with Crippen molar-refractivity contribution < 1.29 is 19.4 Å². The Morgan fingerprint density at radius 1 is 1.05 bits per heavy atom. The molecule has 8 nitrogen and oxygen atoms in total. The van der Waals surface area contributed by atoms with Gasteiger partial charge in [-0.2, -0.15) is 5.11 Å². The molecule has 0 amide bonds. The minimum Gasteiger partial charge on any atom is -0.488 e. The molecule has 1 atom stereocenters. The molecule has 0 aliphatic heterocycles. The normalized spacial score (nSPS) is 12.1. The van der Waals surface area contributed by atoms with Crippen LogP contribution in [0.3, 0.4) is 0 Å². The van der Waals surface area contributed by atoms with Crippen molar-refractivity contribution >= 4 is 17.2 Å². The van der Waals surface area contributed by atoms with Crippen LogP contribution in [0.2, 0.25) is 0 Å². The molecule has 0 aromatic heterocycles. The first-order chi connectivity index (χ1) is 19.2. The van der Waals surface area contributed by atoms with E-state index in [4.69, 9.17) is 20.7 Å². The van der Waals surface area contributed by atoms with Gasteiger partial charge in [0.1, 0.15) is 35.6 Å². The second kappa shape index (κ2) is 15.1. The number of aryl methyl sites for hydroxylation is 1. The molecule has 214 valence electrons. The number of unbranched alkanes of at least 4 members (excludes halogenated alkanes) is 2. The molecule has 0 heterocycles. The van der Waals surface area contributed by atoms with Crippen LogP contribution in [0.25, 0.3) is 0 Å². The third-order valence-corrected chi connectivity index (χ3v) is 6.77. The van der Waals surface area contributed by atoms with Crippen molar-refractivity contribution in [2.24, 2.45) is 5.11 Å². The fourth-order valence-corrected chi connectivity index (χ4v) is 4.21. The predicted octanol–water partition coefficient (Wildman–Crippen LogP) is 7.23. The number of nitrogens with one attached hydrogen (secondary N) is 2. The number of nitrogens with zero attached hydrogens (tertiary/aromatic N) is 1. The molecule has 0 unspecified atom stereocenters. The van der Waals surface area contributed by atoms with Crippen molar-refractivity contribution in [1.29, 1.82) is 5.53 Å². The number of para-hydroxylation sites is 1. The predicted molar refractivity (Wildman–Crippen MR) is 159 cm³/mol. The lowest BCUT2D eigenvalue weighted by atomic mass is 9.95. The Balaban J connectivity index is 1.41. The molecule has 5 N–H and O–H groups in total. The van der Waals surface area contributed by atoms with Crippen molar-refractivity contribution in [3.63, 3.8) is 0 Å². The number of benzene rings is 3. The molecule has 3 aromatic carbocycles. The first kappa shape index (κ1) is 30.8. The van der Waals surface area contributed by atoms with Crippen LogP contribution in [-0.4, -0.2) is 35.7 Å². The molecule has 0 bridgehead atoms. The van der Waals surface area contributed by atoms with E-state index in [1.165, 1.54) is 5.56 Å². The number of nitrogens with two attached hydrogens (primary N) is 1. The summed E-state index contributed by atoms with van der Waals surface area (Å²) in [6, 6.07) is 20.4. The Morgan fingerprint density at radius 2 is 1.73 bits per heavy atom. The van der Waals surface area contributed by atoms with Crippen molar-refractivity contribution in [1.82, 2.24) is 5.32 Å². The summed E-state index contributed by atoms with van der Waals surface area (Å²) in [6.45, 7) is 6.76. The van der Waals surface area contributed by atoms with Crippen molar-refractivity contribution in [2.45, 2.75) is 70.9 Å². The lowest BCUT2D eigenvalue weighted by Crippen LogP contribution is -2.45. The Bertz CT molecular complexity index is 1230. The number of aliphatic hydroxyl groups is 1. The highest BCUT2D eigenvalue weighted by Gasteiger charge is 2.19. The van der Waals surface area contributed by atoms with Gasteiger partial charge in [0.2, 0.25) is 0 Å². The van der Waals surface area contributed by atoms with E-state index in [0.29, 0.717) is 30.2 Å². The number of hydrogen-bond acceptors (Lipinski definition) is 8. The molecule has 0 spiro atoms. The molecule has 0 fully saturated rings. The Kier molecular flexibility index (Phi) is 11.7. The van der Waals surface area contributed by atoms with Crippen LogP contribution in [0.4, 0.5) is 11.4 Å². The number of carbonyl (C=O) groups is 1. The first-order valence-electron chi connectivity index (χ1n) is 13.9. The van der Waals surface area contributed by atoms with Crippen LogP contribution in [0.1, 0.15) is 68.8 Å². The van der Waals surface area contributed by atoms with Crippen LogP contribution < -0.4 is 20.5 Å². The number of ether oxygens (including phenoxy) is 2. The summed E-state index contributed by atoms with van der Waals surface area (Å²) in [6.07, 6.45) is 4.70. The minimum atomic E-state index is -0.732. The summed E-state index contributed by atoms with van der Waals surface area (Å²) in [4.78, 5) is 12.3. The number of carbonyl (C=O) groups excluding carboxylic acids is 1. The van der Waals surface area contributed by atoms with Gasteiger partial charge in [-0.3, -0.25) is 4.79 Å². The molecule has 0 aliphatic rings. The van der Waals surface area contributed by atoms with Gasteiger partial charge in [0, 0.05) is 24.1 Å². The highest BCUT2D eigenvalue weighted by molar-refractivity contribution is 5.96. The Morgan fingerprint density at radius 3 is 2.38 bits per heavy atom. The van der Waals surface area contributed by atoms with Crippen LogP contribution in [0, 0.1) is 5.53 Å². The smallest absolute Gasteiger partial charge is 0.162 e. The second-order valence-electron chi connectivity index (χ2n) is 10.7. The summed E-state index contributed by atoms with van der Waals surface area (Å²) in [5.74, 6) is 2.00. The van der Waals surface area contributed by atoms with Crippen LogP contribution >= 0.6 is 0 Å². The molecule has 0 radical (unpaired) electrons. The number of ketones is 1. The van der Waals surface area contributed by atoms with E-state index >= 15 is 0 Å². The highest BCUT2D eigenvalue weighted by atomic mass is 16.5. The third-order valence-electron chi connectivity index (χ3n) is 6.77. The number of aliphatic hydroxyl groups excluding tert-OH is 1. The van der Waals surface area contributed by atoms with E-state index in [2.05, 4.69) is 43.3 Å². The number of β-amino-alcohol motifs (C(OH)–C–C–N with tert-alkyl or cyclic N) is 1. The van der Waals surface area contributed by atoms with Crippen LogP contribution in [-0.2, 0) is 6.42 Å². The van der Waals surface area contributed by atoms with E-state index < -0.39 is 6.10 Å². The molecule has 40 heavy (non-hydrogen) atoms. The minimum absolute atomic E-state index is 0.0640. The van der Waals surface area contributed by atoms with E-state index in [1.54, 1.807) is 18.2 Å². The molecule has 0 aliphatic carbocycles. The maximum absolute atomic E-state index is 12.3. The van der Waals surface area contributed by atoms with Gasteiger partial charge in [0.15, 0.2) is 5.78 Å². The first-order valence-corrected chi connectivity index (χ1v) is 13.9. The number of anilines is 1. The van der Waals surface area contributed by atoms with Crippen molar-refractivity contribution in [2.75, 3.05) is 18.9 Å². The van der Waals surface area contributed by atoms with Gasteiger partial charge in [-0.05, 0) is 87.2 Å². The number of Topliss-reactive ketones (excluding diaryl/α,β-unsaturated/α-hetero) is 1. The third kappa shape index (κ3) is 9.77. The highest BCUT2D eigenvalue weighted by Crippen LogP contribution is 2.33. The summed E-state index contributed by atoms with van der Waals surface area (Å²) >= 11 is 0. The summed E-state index contributed by atoms with van der Waals surface area (Å²) in [5.41, 5.74) is 15.4. The van der Waals surface area contributed by atoms with Crippen LogP contribution in [0.5, 0.6) is 17.2 Å². The summed E-state index contributed by atoms with van der Waals surface area (Å²) < 4.78 is 11.6. The quantitative estimate of drug-likeness (QED) is 0.0612. The average Bonchev–Trinajstić information content (AvgIpc) is 2.95. The van der Waals surface area contributed by atoms with Crippen molar-refractivity contribution in [3.05, 3.63) is 77.9 Å². The molecular formula is C32H42N4O4. The Labute approximate surface area is 237 Å². The molecule has 8 heteroatoms. The van der Waals surface area contributed by atoms with Crippen molar-refractivity contribution in [3.8, 4) is 17.2 Å². The molecular weight excluding hydrogens is 504 g/mol. The summed E-state index contributed by atoms with van der Waals surface area (Å²) in [7, 11) is 0. The van der Waals surface area contributed by atoms with E-state index in [1.807, 2.05) is 36.4 Å². The maximum Gasteiger partial charge on any atom is 0.162 e. The number of rotatable bonds is 17. The van der Waals surface area contributed by atoms with Gasteiger partial charge in [0.05, 0.1) is 5.69 Å². The van der Waals surface area contributed by atoms with Crippen LogP contribution in [0.15, 0.2) is 71.8 Å². The van der Waals surface area contributed by atoms with Gasteiger partial charge in [0.25, 0.3) is 0 Å². The maximum atomic E-state index is 12.3. The summed E-state index contributed by atoms with van der Waals surface area (Å²) in [5, 5.41) is 17.2. The second-order valence-corrected chi connectivity index (χ2v) is 10.7. The number of hydrogen-bond donors (Lipinski definition) is 4. The van der Waals surface area contributed by atoms with Gasteiger partial charge in [-0.25, -0.2) is 5.53 Å². The fourth-order valence-electron chi connectivity index (χ4n) is 4.21. The molecule has 0 saturated heterocycles. The van der Waals surface area contributed by atoms with E-state index in [9.17, 15) is 9.90 Å². The standard InChI is InChI=1S/C32H42N4O4/c1-4-5-6-9-29(38)24-13-17-27(18-14-24)40-26-15-11-23(12-16-26)19-20-32(2,3)35-21-25(37)22-39-30-10-7-8-28(33)31(30)36-34/h7-8,10-18,25,34-35,37H,4-6,9,19-22,33H2,1-3H3/t25-/m0/s1. The monoisotopic (exact) mass is 546 g/mol. The van der Waals surface area contributed by atoms with Gasteiger partial charge in [-0.15, -0.1) is 0 Å². The number of nitrogen functional groups attached to an aromatic ring is 1. The van der Waals surface area contributed by atoms with E-state index in [-0.39, 0.29) is 23.6 Å². The Hall–Kier alpha value is -3.75. The SMILES string of the molecule is CCCCCC(=O)c1ccc(Oc2ccc(CCC(C)(C)NC[C@H](O)COc3cccc(N)c3N=N)cc2)cc1.